The highest BCUT2D eigenvalue weighted by Gasteiger charge is 2.46. The van der Waals surface area contributed by atoms with Crippen LogP contribution in [0.5, 0.6) is 0 Å². The van der Waals surface area contributed by atoms with Crippen LogP contribution >= 0.6 is 0 Å². The van der Waals surface area contributed by atoms with Gasteiger partial charge in [-0.25, -0.2) is 4.79 Å². The van der Waals surface area contributed by atoms with Crippen molar-refractivity contribution in [1.29, 1.82) is 5.26 Å². The number of hydrogen-bond donors (Lipinski definition) is 1. The Morgan fingerprint density at radius 1 is 1.60 bits per heavy atom. The van der Waals surface area contributed by atoms with Crippen molar-refractivity contribution in [1.82, 2.24) is 10.2 Å². The minimum atomic E-state index is -0.715. The van der Waals surface area contributed by atoms with Gasteiger partial charge in [-0.2, -0.15) is 5.26 Å². The van der Waals surface area contributed by atoms with Crippen LogP contribution in [0.2, 0.25) is 0 Å². The van der Waals surface area contributed by atoms with E-state index in [9.17, 15) is 10.1 Å². The number of amides is 1. The second kappa shape index (κ2) is 6.46. The molecule has 8 heteroatoms. The second-order valence-electron chi connectivity index (χ2n) is 5.77. The molecule has 0 aromatic heterocycles. The number of carbonyl (C=O) groups is 1. The van der Waals surface area contributed by atoms with Crippen LogP contribution in [0, 0.1) is 11.3 Å². The van der Waals surface area contributed by atoms with Gasteiger partial charge in [0.2, 0.25) is 0 Å². The first kappa shape index (κ1) is 16.1. The van der Waals surface area contributed by atoms with Crippen molar-refractivity contribution >= 4 is 6.09 Å². The minimum absolute atomic E-state index is 0.305. The normalized spacial score (nSPS) is 16.6. The lowest BCUT2D eigenvalue weighted by molar-refractivity contribution is -0.00483. The zero-order valence-electron chi connectivity index (χ0n) is 12.1. The number of likely N-dealkylation sites (tertiary alicyclic amines) is 1. The molecule has 1 fully saturated rings. The summed E-state index contributed by atoms with van der Waals surface area (Å²) in [7, 11) is 0. The first-order valence-corrected chi connectivity index (χ1v) is 6.47. The Hall–Kier alpha value is -1.97. The van der Waals surface area contributed by atoms with Crippen LogP contribution in [0.4, 0.5) is 4.79 Å². The average molecular weight is 280 g/mol. The van der Waals surface area contributed by atoms with E-state index in [-0.39, 0.29) is 0 Å². The summed E-state index contributed by atoms with van der Waals surface area (Å²) >= 11 is 0. The molecule has 0 aromatic carbocycles. The van der Waals surface area contributed by atoms with Gasteiger partial charge in [-0.1, -0.05) is 5.11 Å². The molecule has 0 radical (unpaired) electrons. The standard InChI is InChI=1S/C12H20N6O2/c1-11(2,3)20-10(19)18-8-12(7-13,9-18)15-5-4-6-16-17-14/h15H,4-6,8-9H2,1-3H3. The third kappa shape index (κ3) is 4.61. The van der Waals surface area contributed by atoms with E-state index in [0.717, 1.165) is 0 Å². The first-order chi connectivity index (χ1) is 9.32. The molecule has 0 bridgehead atoms. The number of nitrogens with zero attached hydrogens (tertiary/aromatic N) is 5. The Bertz CT molecular complexity index is 438. The molecule has 1 rings (SSSR count). The van der Waals surface area contributed by atoms with Gasteiger partial charge < -0.3 is 9.64 Å². The fraction of sp³-hybridized carbons (Fsp3) is 0.833. The molecule has 1 saturated heterocycles. The zero-order chi connectivity index (χ0) is 15.2. The van der Waals surface area contributed by atoms with Gasteiger partial charge in [0.05, 0.1) is 19.2 Å². The molecule has 0 aromatic rings. The van der Waals surface area contributed by atoms with Crippen LogP contribution in [-0.2, 0) is 4.74 Å². The molecular formula is C12H20N6O2. The predicted molar refractivity (Wildman–Crippen MR) is 72.8 cm³/mol. The average Bonchev–Trinajstić information content (AvgIpc) is 2.29. The Balaban J connectivity index is 2.36. The molecule has 0 aliphatic carbocycles. The van der Waals surface area contributed by atoms with Crippen LogP contribution in [0.25, 0.3) is 10.4 Å². The van der Waals surface area contributed by atoms with Crippen molar-refractivity contribution in [3.63, 3.8) is 0 Å². The van der Waals surface area contributed by atoms with Crippen molar-refractivity contribution in [2.24, 2.45) is 5.11 Å². The molecule has 1 heterocycles. The van der Waals surface area contributed by atoms with Gasteiger partial charge in [-0.3, -0.25) is 5.32 Å². The fourth-order valence-corrected chi connectivity index (χ4v) is 1.81. The largest absolute Gasteiger partial charge is 0.444 e. The number of carbonyl (C=O) groups excluding carboxylic acids is 1. The van der Waals surface area contributed by atoms with Crippen LogP contribution in [0.3, 0.4) is 0 Å². The third-order valence-electron chi connectivity index (χ3n) is 2.75. The zero-order valence-corrected chi connectivity index (χ0v) is 12.1. The highest BCUT2D eigenvalue weighted by Crippen LogP contribution is 2.22. The van der Waals surface area contributed by atoms with E-state index in [4.69, 9.17) is 10.3 Å². The topological polar surface area (TPSA) is 114 Å². The van der Waals surface area contributed by atoms with Crippen molar-refractivity contribution < 1.29 is 9.53 Å². The van der Waals surface area contributed by atoms with Gasteiger partial charge in [0.1, 0.15) is 11.1 Å². The predicted octanol–water partition coefficient (Wildman–Crippen LogP) is 1.79. The quantitative estimate of drug-likeness (QED) is 0.358. The van der Waals surface area contributed by atoms with Crippen molar-refractivity contribution in [2.75, 3.05) is 26.2 Å². The lowest BCUT2D eigenvalue weighted by Crippen LogP contribution is -2.70. The van der Waals surface area contributed by atoms with Crippen molar-refractivity contribution in [3.8, 4) is 6.07 Å². The van der Waals surface area contributed by atoms with Gasteiger partial charge in [0, 0.05) is 11.5 Å². The Kier molecular flexibility index (Phi) is 5.19. The highest BCUT2D eigenvalue weighted by molar-refractivity contribution is 5.70. The molecule has 20 heavy (non-hydrogen) atoms. The van der Waals surface area contributed by atoms with E-state index in [1.165, 1.54) is 4.90 Å². The Morgan fingerprint density at radius 2 is 2.25 bits per heavy atom. The van der Waals surface area contributed by atoms with E-state index in [1.807, 2.05) is 0 Å². The van der Waals surface area contributed by atoms with E-state index < -0.39 is 17.2 Å². The Labute approximate surface area is 118 Å². The fourth-order valence-electron chi connectivity index (χ4n) is 1.81. The minimum Gasteiger partial charge on any atom is -0.444 e. The van der Waals surface area contributed by atoms with E-state index >= 15 is 0 Å². The number of nitriles is 1. The number of ether oxygens (including phenoxy) is 1. The second-order valence-corrected chi connectivity index (χ2v) is 5.77. The molecule has 0 unspecified atom stereocenters. The van der Waals surface area contributed by atoms with Crippen LogP contribution in [0.15, 0.2) is 5.11 Å². The molecule has 1 aliphatic rings. The SMILES string of the molecule is CC(C)(C)OC(=O)N1CC(C#N)(NCCCN=[N+]=[N-])C1. The van der Waals surface area contributed by atoms with Crippen molar-refractivity contribution in [3.05, 3.63) is 10.4 Å². The molecule has 110 valence electrons. The van der Waals surface area contributed by atoms with Gasteiger partial charge in [-0.05, 0) is 39.3 Å². The summed E-state index contributed by atoms with van der Waals surface area (Å²) in [4.78, 5) is 15.9. The monoisotopic (exact) mass is 280 g/mol. The smallest absolute Gasteiger partial charge is 0.410 e. The summed E-state index contributed by atoms with van der Waals surface area (Å²) in [5.74, 6) is 0. The molecule has 8 nitrogen and oxygen atoms in total. The van der Waals surface area contributed by atoms with E-state index in [0.29, 0.717) is 32.6 Å². The molecule has 1 N–H and O–H groups in total. The van der Waals surface area contributed by atoms with Gasteiger partial charge >= 0.3 is 6.09 Å². The number of azide groups is 1. The number of rotatable bonds is 5. The summed E-state index contributed by atoms with van der Waals surface area (Å²) in [5, 5.41) is 15.7. The number of hydrogen-bond acceptors (Lipinski definition) is 5. The lowest BCUT2D eigenvalue weighted by Gasteiger charge is -2.45. The Morgan fingerprint density at radius 3 is 2.75 bits per heavy atom. The van der Waals surface area contributed by atoms with Crippen LogP contribution in [-0.4, -0.2) is 48.3 Å². The molecular weight excluding hydrogens is 260 g/mol. The van der Waals surface area contributed by atoms with Crippen LogP contribution < -0.4 is 5.32 Å². The summed E-state index contributed by atoms with van der Waals surface area (Å²) in [6, 6.07) is 2.19. The summed E-state index contributed by atoms with van der Waals surface area (Å²) in [6.07, 6.45) is 0.249. The maximum absolute atomic E-state index is 11.8. The van der Waals surface area contributed by atoms with E-state index in [1.54, 1.807) is 20.8 Å². The molecule has 1 amide bonds. The van der Waals surface area contributed by atoms with Gasteiger partial charge in [-0.15, -0.1) is 0 Å². The van der Waals surface area contributed by atoms with E-state index in [2.05, 4.69) is 21.4 Å². The van der Waals surface area contributed by atoms with Gasteiger partial charge in [0.15, 0.2) is 0 Å². The molecule has 1 aliphatic heterocycles. The first-order valence-electron chi connectivity index (χ1n) is 6.47. The molecule has 0 spiro atoms. The molecule has 0 atom stereocenters. The maximum Gasteiger partial charge on any atom is 0.410 e. The summed E-state index contributed by atoms with van der Waals surface area (Å²) < 4.78 is 5.23. The van der Waals surface area contributed by atoms with Crippen LogP contribution in [0.1, 0.15) is 27.2 Å². The highest BCUT2D eigenvalue weighted by atomic mass is 16.6. The lowest BCUT2D eigenvalue weighted by atomic mass is 9.92. The number of nitrogens with one attached hydrogen (secondary N) is 1. The third-order valence-corrected chi connectivity index (χ3v) is 2.75. The van der Waals surface area contributed by atoms with Gasteiger partial charge in [0.25, 0.3) is 0 Å². The molecule has 0 saturated carbocycles. The maximum atomic E-state index is 11.8. The summed E-state index contributed by atoms with van der Waals surface area (Å²) in [6.45, 7) is 6.97. The van der Waals surface area contributed by atoms with Crippen molar-refractivity contribution in [2.45, 2.75) is 38.3 Å². The summed E-state index contributed by atoms with van der Waals surface area (Å²) in [5.41, 5.74) is 6.89.